The number of methoxy groups -OCH3 is 2. The van der Waals surface area contributed by atoms with E-state index in [0.29, 0.717) is 46.7 Å². The summed E-state index contributed by atoms with van der Waals surface area (Å²) < 4.78 is 30.4. The molecule has 0 saturated carbocycles. The van der Waals surface area contributed by atoms with Crippen LogP contribution in [-0.4, -0.2) is 32.6 Å². The van der Waals surface area contributed by atoms with Crippen molar-refractivity contribution in [1.29, 1.82) is 0 Å². The Morgan fingerprint density at radius 3 is 2.33 bits per heavy atom. The first-order valence-electron chi connectivity index (χ1n) is 13.3. The molecular weight excluding hydrogens is 509 g/mol. The van der Waals surface area contributed by atoms with Gasteiger partial charge in [-0.3, -0.25) is 4.79 Å². The SMILES string of the molecule is COc1ccc(C2CC(=O)C3=C(C2)NC(C)=C(C(=O)OCCc2ccccc2)C3c2ccc(F)cc2)cc1OC. The number of ketones is 1. The first kappa shape index (κ1) is 27.2. The molecule has 0 saturated heterocycles. The molecule has 2 atom stereocenters. The number of esters is 1. The van der Waals surface area contributed by atoms with E-state index in [1.807, 2.05) is 55.5 Å². The summed E-state index contributed by atoms with van der Waals surface area (Å²) in [5.74, 6) is -0.455. The normalized spacial score (nSPS) is 18.6. The van der Waals surface area contributed by atoms with Crippen molar-refractivity contribution in [2.75, 3.05) is 20.8 Å². The maximum atomic E-state index is 13.9. The first-order valence-corrected chi connectivity index (χ1v) is 13.3. The van der Waals surface area contributed by atoms with Crippen molar-refractivity contribution in [3.8, 4) is 11.5 Å². The summed E-state index contributed by atoms with van der Waals surface area (Å²) in [6.45, 7) is 2.02. The molecule has 3 aromatic rings. The fourth-order valence-electron chi connectivity index (χ4n) is 5.62. The third-order valence-electron chi connectivity index (χ3n) is 7.60. The molecule has 3 aromatic carbocycles. The van der Waals surface area contributed by atoms with E-state index in [-0.39, 0.29) is 30.5 Å². The van der Waals surface area contributed by atoms with Crippen LogP contribution in [0.25, 0.3) is 0 Å². The van der Waals surface area contributed by atoms with Crippen molar-refractivity contribution in [3.05, 3.63) is 118 Å². The van der Waals surface area contributed by atoms with Gasteiger partial charge in [0.15, 0.2) is 17.3 Å². The summed E-state index contributed by atoms with van der Waals surface area (Å²) in [5.41, 5.74) is 4.99. The van der Waals surface area contributed by atoms with Crippen molar-refractivity contribution >= 4 is 11.8 Å². The number of carbonyl (C=O) groups is 2. The highest BCUT2D eigenvalue weighted by Crippen LogP contribution is 2.46. The fraction of sp³-hybridized carbons (Fsp3) is 0.273. The smallest absolute Gasteiger partial charge is 0.336 e. The fourth-order valence-corrected chi connectivity index (χ4v) is 5.62. The summed E-state index contributed by atoms with van der Waals surface area (Å²) in [5, 5.41) is 3.36. The van der Waals surface area contributed by atoms with E-state index in [4.69, 9.17) is 14.2 Å². The summed E-state index contributed by atoms with van der Waals surface area (Å²) >= 11 is 0. The second-order valence-corrected chi connectivity index (χ2v) is 10.1. The molecule has 206 valence electrons. The Morgan fingerprint density at radius 1 is 0.925 bits per heavy atom. The Balaban J connectivity index is 1.46. The van der Waals surface area contributed by atoms with Crippen molar-refractivity contribution in [2.45, 2.75) is 38.0 Å². The second kappa shape index (κ2) is 11.8. The van der Waals surface area contributed by atoms with Gasteiger partial charge in [-0.1, -0.05) is 48.5 Å². The zero-order chi connectivity index (χ0) is 28.2. The van der Waals surface area contributed by atoms with Gasteiger partial charge in [0, 0.05) is 35.7 Å². The Bertz CT molecular complexity index is 1480. The van der Waals surface area contributed by atoms with Crippen LogP contribution in [0.5, 0.6) is 11.5 Å². The molecule has 2 aliphatic rings. The van der Waals surface area contributed by atoms with Gasteiger partial charge in [-0.2, -0.15) is 0 Å². The lowest BCUT2D eigenvalue weighted by Crippen LogP contribution is -2.36. The van der Waals surface area contributed by atoms with Crippen molar-refractivity contribution in [3.63, 3.8) is 0 Å². The number of hydrogen-bond acceptors (Lipinski definition) is 6. The number of benzene rings is 3. The number of hydrogen-bond donors (Lipinski definition) is 1. The second-order valence-electron chi connectivity index (χ2n) is 10.1. The minimum atomic E-state index is -0.653. The van der Waals surface area contributed by atoms with Crippen LogP contribution in [0.2, 0.25) is 0 Å². The summed E-state index contributed by atoms with van der Waals surface area (Å²) in [6.07, 6.45) is 1.42. The summed E-state index contributed by atoms with van der Waals surface area (Å²) in [6, 6.07) is 21.4. The Hall–Kier alpha value is -4.39. The molecule has 0 bridgehead atoms. The van der Waals surface area contributed by atoms with Crippen LogP contribution >= 0.6 is 0 Å². The number of Topliss-reactive ketones (excluding diaryl/α,β-unsaturated/α-hetero) is 1. The molecule has 0 fully saturated rings. The highest BCUT2D eigenvalue weighted by molar-refractivity contribution is 6.04. The van der Waals surface area contributed by atoms with Crippen LogP contribution < -0.4 is 14.8 Å². The lowest BCUT2D eigenvalue weighted by Gasteiger charge is -2.36. The van der Waals surface area contributed by atoms with Crippen LogP contribution in [0.1, 0.15) is 48.3 Å². The van der Waals surface area contributed by atoms with Gasteiger partial charge in [0.2, 0.25) is 0 Å². The van der Waals surface area contributed by atoms with Gasteiger partial charge in [-0.25, -0.2) is 9.18 Å². The van der Waals surface area contributed by atoms with Gasteiger partial charge in [-0.05, 0) is 60.2 Å². The van der Waals surface area contributed by atoms with Crippen molar-refractivity contribution < 1.29 is 28.2 Å². The lowest BCUT2D eigenvalue weighted by molar-refractivity contribution is -0.139. The molecule has 1 heterocycles. The Morgan fingerprint density at radius 2 is 1.62 bits per heavy atom. The van der Waals surface area contributed by atoms with Crippen LogP contribution in [0.4, 0.5) is 4.39 Å². The molecule has 0 radical (unpaired) electrons. The van der Waals surface area contributed by atoms with Gasteiger partial charge in [0.05, 0.1) is 26.4 Å². The Kier molecular flexibility index (Phi) is 8.01. The third-order valence-corrected chi connectivity index (χ3v) is 7.60. The van der Waals surface area contributed by atoms with Crippen LogP contribution in [0.3, 0.4) is 0 Å². The number of halogens is 1. The van der Waals surface area contributed by atoms with Gasteiger partial charge < -0.3 is 19.5 Å². The first-order chi connectivity index (χ1) is 19.4. The van der Waals surface area contributed by atoms with Crippen LogP contribution in [0, 0.1) is 5.82 Å². The number of dihydropyridines is 1. The number of nitrogens with one attached hydrogen (secondary N) is 1. The average molecular weight is 542 g/mol. The predicted octanol–water partition coefficient (Wildman–Crippen LogP) is 5.99. The van der Waals surface area contributed by atoms with Gasteiger partial charge in [-0.15, -0.1) is 0 Å². The highest BCUT2D eigenvalue weighted by Gasteiger charge is 2.41. The molecule has 1 aliphatic carbocycles. The predicted molar refractivity (Wildman–Crippen MR) is 150 cm³/mol. The number of ether oxygens (including phenoxy) is 3. The van der Waals surface area contributed by atoms with Gasteiger partial charge in [0.25, 0.3) is 0 Å². The number of rotatable bonds is 8. The minimum Gasteiger partial charge on any atom is -0.493 e. The molecule has 40 heavy (non-hydrogen) atoms. The van der Waals surface area contributed by atoms with Gasteiger partial charge in [0.1, 0.15) is 5.82 Å². The molecule has 6 nitrogen and oxygen atoms in total. The van der Waals surface area contributed by atoms with E-state index in [1.165, 1.54) is 12.1 Å². The van der Waals surface area contributed by atoms with E-state index in [9.17, 15) is 14.0 Å². The molecule has 0 amide bonds. The van der Waals surface area contributed by atoms with E-state index in [2.05, 4.69) is 5.32 Å². The molecule has 5 rings (SSSR count). The molecule has 7 heteroatoms. The van der Waals surface area contributed by atoms with E-state index in [1.54, 1.807) is 26.4 Å². The van der Waals surface area contributed by atoms with Crippen LogP contribution in [-0.2, 0) is 20.7 Å². The quantitative estimate of drug-likeness (QED) is 0.353. The average Bonchev–Trinajstić information content (AvgIpc) is 2.96. The molecule has 2 unspecified atom stereocenters. The van der Waals surface area contributed by atoms with E-state index < -0.39 is 11.9 Å². The van der Waals surface area contributed by atoms with Crippen molar-refractivity contribution in [2.24, 2.45) is 0 Å². The van der Waals surface area contributed by atoms with Gasteiger partial charge >= 0.3 is 5.97 Å². The highest BCUT2D eigenvalue weighted by atomic mass is 19.1. The summed E-state index contributed by atoms with van der Waals surface area (Å²) in [4.78, 5) is 27.3. The third kappa shape index (κ3) is 5.50. The largest absolute Gasteiger partial charge is 0.493 e. The minimum absolute atomic E-state index is 0.0649. The van der Waals surface area contributed by atoms with Crippen LogP contribution in [0.15, 0.2) is 95.3 Å². The molecule has 1 aliphatic heterocycles. The zero-order valence-corrected chi connectivity index (χ0v) is 22.8. The number of carbonyl (C=O) groups excluding carboxylic acids is 2. The molecule has 1 N–H and O–H groups in total. The van der Waals surface area contributed by atoms with E-state index >= 15 is 0 Å². The zero-order valence-electron chi connectivity index (χ0n) is 22.8. The van der Waals surface area contributed by atoms with Crippen molar-refractivity contribution in [1.82, 2.24) is 5.32 Å². The number of allylic oxidation sites excluding steroid dienone is 3. The monoisotopic (exact) mass is 541 g/mol. The lowest BCUT2D eigenvalue weighted by atomic mass is 9.71. The topological polar surface area (TPSA) is 73.9 Å². The molecule has 0 aromatic heterocycles. The molecule has 0 spiro atoms. The Labute approximate surface area is 233 Å². The molecular formula is C33H32FNO5. The van der Waals surface area contributed by atoms with E-state index in [0.717, 1.165) is 16.8 Å². The summed E-state index contributed by atoms with van der Waals surface area (Å²) in [7, 11) is 3.17. The maximum Gasteiger partial charge on any atom is 0.336 e. The standard InChI is InChI=1S/C33H32FNO5/c1-20-30(33(37)40-16-15-21-7-5-4-6-8-21)31(22-9-12-25(34)13-10-22)32-26(35-20)17-24(18-27(32)36)23-11-14-28(38-2)29(19-23)39-3/h4-14,19,24,31,35H,15-18H2,1-3H3. The maximum absolute atomic E-state index is 13.9.